The van der Waals surface area contributed by atoms with Crippen LogP contribution in [0.5, 0.6) is 0 Å². The Balaban J connectivity index is 2.60. The van der Waals surface area contributed by atoms with Gasteiger partial charge in [-0.3, -0.25) is 5.32 Å². The molecule has 3 heteroatoms. The van der Waals surface area contributed by atoms with E-state index in [0.29, 0.717) is 16.5 Å². The first kappa shape index (κ1) is 6.65. The molecule has 0 aliphatic carbocycles. The molecule has 0 saturated carbocycles. The van der Waals surface area contributed by atoms with Gasteiger partial charge in [-0.1, -0.05) is 0 Å². The van der Waals surface area contributed by atoms with Crippen molar-refractivity contribution in [3.05, 3.63) is 0 Å². The fraction of sp³-hybridized carbons (Fsp3) is 0.800. The quantitative estimate of drug-likeness (QED) is 0.385. The van der Waals surface area contributed by atoms with Crippen molar-refractivity contribution in [2.45, 2.75) is 13.0 Å². The lowest BCUT2D eigenvalue weighted by molar-refractivity contribution is 0.769. The Morgan fingerprint density at radius 2 is 2.50 bits per heavy atom. The predicted molar refractivity (Wildman–Crippen MR) is 45.0 cm³/mol. The summed E-state index contributed by atoms with van der Waals surface area (Å²) in [5, 5.41) is 3.26. The molecule has 8 heavy (non-hydrogen) atoms. The molecule has 1 N–H and O–H groups in total. The van der Waals surface area contributed by atoms with Crippen molar-refractivity contribution >= 4 is 27.4 Å². The highest BCUT2D eigenvalue weighted by atomic mass is 32.2. The number of hydrogen-bond donors (Lipinski definition) is 2. The summed E-state index contributed by atoms with van der Waals surface area (Å²) in [5.74, 6) is 1.26. The zero-order valence-electron chi connectivity index (χ0n) is 5.14. The van der Waals surface area contributed by atoms with Crippen molar-refractivity contribution < 1.29 is 0 Å². The Bertz CT molecular complexity index is 116. The maximum atomic E-state index is 4.26. The van der Waals surface area contributed by atoms with Crippen molar-refractivity contribution in [3.8, 4) is 0 Å². The van der Waals surface area contributed by atoms with E-state index in [1.807, 2.05) is 0 Å². The molecule has 1 aliphatic rings. The van der Waals surface area contributed by atoms with E-state index in [1.165, 1.54) is 10.1 Å². The molecule has 48 valence electrons. The highest BCUT2D eigenvalue weighted by molar-refractivity contribution is 8.27. The minimum Gasteiger partial charge on any atom is -0.275 e. The number of hydrogen-bond acceptors (Lipinski definition) is 1. The molecule has 0 fully saturated rings. The van der Waals surface area contributed by atoms with Crippen LogP contribution in [0.25, 0.3) is 0 Å². The molecular formula is C5H11NS2. The third-order valence-corrected chi connectivity index (χ3v) is 4.04. The molecule has 2 unspecified atom stereocenters. The molecule has 1 rings (SSSR count). The van der Waals surface area contributed by atoms with Crippen LogP contribution in [0.4, 0.5) is 0 Å². The molecule has 0 amide bonds. The van der Waals surface area contributed by atoms with E-state index in [1.54, 1.807) is 0 Å². The lowest BCUT2D eigenvalue weighted by atomic mass is 10.4. The average molecular weight is 149 g/mol. The van der Waals surface area contributed by atoms with Crippen LogP contribution in [0.3, 0.4) is 0 Å². The molecule has 0 spiro atoms. The highest BCUT2D eigenvalue weighted by Crippen LogP contribution is 2.18. The smallest absolute Gasteiger partial charge is 0.0701 e. The Morgan fingerprint density at radius 1 is 1.88 bits per heavy atom. The average Bonchev–Trinajstić information content (AvgIpc) is 1.85. The summed E-state index contributed by atoms with van der Waals surface area (Å²) in [7, 11) is 0.422. The highest BCUT2D eigenvalue weighted by Gasteiger charge is 2.11. The van der Waals surface area contributed by atoms with Crippen molar-refractivity contribution in [3.63, 3.8) is 0 Å². The van der Waals surface area contributed by atoms with E-state index in [0.717, 1.165) is 0 Å². The van der Waals surface area contributed by atoms with Crippen molar-refractivity contribution in [1.29, 1.82) is 0 Å². The van der Waals surface area contributed by atoms with Crippen molar-refractivity contribution in [2.24, 2.45) is 0 Å². The van der Waals surface area contributed by atoms with Crippen LogP contribution in [0, 0.1) is 0 Å². The lowest BCUT2D eigenvalue weighted by Crippen LogP contribution is -2.23. The fourth-order valence-electron chi connectivity index (χ4n) is 0.807. The Labute approximate surface area is 58.2 Å². The van der Waals surface area contributed by atoms with Gasteiger partial charge in [-0.2, -0.15) is 10.5 Å². The first-order valence-corrected chi connectivity index (χ1v) is 4.90. The zero-order chi connectivity index (χ0) is 6.15. The van der Waals surface area contributed by atoms with Gasteiger partial charge in [-0.25, -0.2) is 0 Å². The largest absolute Gasteiger partial charge is 0.275 e. The summed E-state index contributed by atoms with van der Waals surface area (Å²) in [6, 6.07) is 0.649. The van der Waals surface area contributed by atoms with E-state index >= 15 is 0 Å². The van der Waals surface area contributed by atoms with E-state index in [9.17, 15) is 0 Å². The maximum absolute atomic E-state index is 4.26. The van der Waals surface area contributed by atoms with Gasteiger partial charge in [0, 0.05) is 11.8 Å². The van der Waals surface area contributed by atoms with Crippen molar-refractivity contribution in [2.75, 3.05) is 12.0 Å². The maximum Gasteiger partial charge on any atom is 0.0701 e. The van der Waals surface area contributed by atoms with Crippen LogP contribution in [-0.4, -0.2) is 22.4 Å². The van der Waals surface area contributed by atoms with E-state index in [-0.39, 0.29) is 0 Å². The second kappa shape index (κ2) is 2.42. The minimum absolute atomic E-state index is 0.422. The molecule has 0 aromatic rings. The number of thiol groups is 1. The monoisotopic (exact) mass is 149 g/mol. The van der Waals surface area contributed by atoms with Gasteiger partial charge < -0.3 is 0 Å². The van der Waals surface area contributed by atoms with Crippen LogP contribution >= 0.6 is 23.1 Å². The molecule has 1 nitrogen and oxygen atoms in total. The standard InChI is InChI=1S/C5H11NS2/c1-4-3-8(2)5(7)6-4/h4,6-7H,3H2,1-2H3. The molecule has 1 heterocycles. The molecule has 0 bridgehead atoms. The summed E-state index contributed by atoms with van der Waals surface area (Å²) in [6.07, 6.45) is 2.22. The summed E-state index contributed by atoms with van der Waals surface area (Å²) in [6.45, 7) is 2.19. The molecule has 0 saturated heterocycles. The molecule has 0 aromatic heterocycles. The summed E-state index contributed by atoms with van der Waals surface area (Å²) < 4.78 is 1.18. The Hall–Kier alpha value is 0.530. The Kier molecular flexibility index (Phi) is 2.01. The first-order valence-electron chi connectivity index (χ1n) is 2.65. The Morgan fingerprint density at radius 3 is 2.62 bits per heavy atom. The van der Waals surface area contributed by atoms with Gasteiger partial charge in [0.15, 0.2) is 0 Å². The van der Waals surface area contributed by atoms with Crippen molar-refractivity contribution in [1.82, 2.24) is 5.32 Å². The van der Waals surface area contributed by atoms with E-state index in [2.05, 4.69) is 31.1 Å². The molecule has 0 aromatic carbocycles. The van der Waals surface area contributed by atoms with Gasteiger partial charge in [-0.05, 0) is 13.2 Å². The molecule has 0 radical (unpaired) electrons. The first-order chi connectivity index (χ1) is 3.70. The van der Waals surface area contributed by atoms with Gasteiger partial charge in [-0.15, -0.1) is 12.6 Å². The SMILES string of the molecule is CC1CS(C)=C(S)N1. The van der Waals surface area contributed by atoms with Gasteiger partial charge >= 0.3 is 0 Å². The number of rotatable bonds is 0. The van der Waals surface area contributed by atoms with Crippen LogP contribution in [-0.2, 0) is 0 Å². The number of nitrogens with one attached hydrogen (secondary N) is 1. The third-order valence-electron chi connectivity index (χ3n) is 1.20. The van der Waals surface area contributed by atoms with Gasteiger partial charge in [0.1, 0.15) is 0 Å². The summed E-state index contributed by atoms with van der Waals surface area (Å²) >= 11 is 4.26. The van der Waals surface area contributed by atoms with E-state index in [4.69, 9.17) is 0 Å². The summed E-state index contributed by atoms with van der Waals surface area (Å²) in [4.78, 5) is 0. The van der Waals surface area contributed by atoms with Crippen LogP contribution in [0.15, 0.2) is 0 Å². The molecular weight excluding hydrogens is 138 g/mol. The van der Waals surface area contributed by atoms with Gasteiger partial charge in [0.2, 0.25) is 0 Å². The van der Waals surface area contributed by atoms with E-state index < -0.39 is 0 Å². The van der Waals surface area contributed by atoms with Gasteiger partial charge in [0.25, 0.3) is 0 Å². The van der Waals surface area contributed by atoms with Crippen LogP contribution in [0.2, 0.25) is 0 Å². The van der Waals surface area contributed by atoms with Crippen LogP contribution in [0.1, 0.15) is 6.92 Å². The van der Waals surface area contributed by atoms with Gasteiger partial charge in [0.05, 0.1) is 4.32 Å². The lowest BCUT2D eigenvalue weighted by Gasteiger charge is -1.98. The minimum atomic E-state index is 0.422. The second-order valence-electron chi connectivity index (χ2n) is 2.15. The second-order valence-corrected chi connectivity index (χ2v) is 4.92. The topological polar surface area (TPSA) is 12.0 Å². The molecule has 2 atom stereocenters. The predicted octanol–water partition coefficient (Wildman–Crippen LogP) is 0.894. The fourth-order valence-corrected chi connectivity index (χ4v) is 2.64. The molecule has 1 aliphatic heterocycles. The third kappa shape index (κ3) is 1.27. The normalized spacial score (nSPS) is 38.6. The summed E-state index contributed by atoms with van der Waals surface area (Å²) in [5.41, 5.74) is 0. The zero-order valence-corrected chi connectivity index (χ0v) is 6.85. The van der Waals surface area contributed by atoms with Crippen LogP contribution < -0.4 is 5.32 Å².